The summed E-state index contributed by atoms with van der Waals surface area (Å²) in [5.41, 5.74) is 11.7. The Hall–Kier alpha value is -4.15. The molecule has 4 heteroatoms. The summed E-state index contributed by atoms with van der Waals surface area (Å²) in [5.74, 6) is 1.16. The van der Waals surface area contributed by atoms with Gasteiger partial charge < -0.3 is 10.2 Å². The first-order valence-corrected chi connectivity index (χ1v) is 22.4. The number of rotatable bonds is 14. The first kappa shape index (κ1) is 35.7. The van der Waals surface area contributed by atoms with Crippen molar-refractivity contribution in [1.29, 1.82) is 0 Å². The summed E-state index contributed by atoms with van der Waals surface area (Å²) < 4.78 is 2.69. The quantitative estimate of drug-likeness (QED) is 0.0812. The number of hydrogen-bond donors (Lipinski definition) is 1. The molecule has 50 heavy (non-hydrogen) atoms. The molecule has 3 nitrogen and oxygen atoms in total. The minimum absolute atomic E-state index is 0.244. The second-order valence-corrected chi connectivity index (χ2v) is 20.8. The van der Waals surface area contributed by atoms with Crippen LogP contribution in [0.25, 0.3) is 11.3 Å². The third-order valence-corrected chi connectivity index (χ3v) is 13.2. The number of anilines is 2. The Morgan fingerprint density at radius 2 is 1.64 bits per heavy atom. The Balaban J connectivity index is 1.39. The van der Waals surface area contributed by atoms with Gasteiger partial charge in [0.05, 0.1) is 25.9 Å². The van der Waals surface area contributed by atoms with E-state index < -0.39 is 8.07 Å². The summed E-state index contributed by atoms with van der Waals surface area (Å²) in [6.07, 6.45) is 16.5. The number of nitrogens with zero attached hydrogens (tertiary/aromatic N) is 2. The summed E-state index contributed by atoms with van der Waals surface area (Å²) in [4.78, 5) is 2.32. The van der Waals surface area contributed by atoms with Gasteiger partial charge >= 0.3 is 0 Å². The maximum atomic E-state index is 4.79. The standard InChI is InChI=1S/C46H58N3Si/c1-8-18-34(2)27-28-41-39-23-14-15-24-40(39)45-31-38(30-36-19-12-13-20-36)46(50(5,6)7)33-49(45)44(41)29-35(3)48(4)43-26-17-16-25-42(43)47-32-37-21-10-9-11-22-37/h8-11,14-18,21-26,31,33,36,41,44,47H,2-3,12-13,19-20,27-30,32H2,1,4-7H3/q+1/b18-8-. The van der Waals surface area contributed by atoms with Crippen molar-refractivity contribution in [2.45, 2.75) is 96.4 Å². The molecular formula is C46H58N3Si+. The van der Waals surface area contributed by atoms with Crippen LogP contribution < -0.4 is 20.0 Å². The molecule has 1 N–H and O–H groups in total. The molecule has 0 amide bonds. The number of aromatic nitrogens is 1. The van der Waals surface area contributed by atoms with Gasteiger partial charge in [0.25, 0.3) is 0 Å². The Morgan fingerprint density at radius 1 is 0.940 bits per heavy atom. The van der Waals surface area contributed by atoms with Crippen LogP contribution in [0.3, 0.4) is 0 Å². The highest BCUT2D eigenvalue weighted by atomic mass is 28.3. The fourth-order valence-corrected chi connectivity index (χ4v) is 10.1. The summed E-state index contributed by atoms with van der Waals surface area (Å²) in [6, 6.07) is 31.4. The van der Waals surface area contributed by atoms with E-state index in [0.717, 1.165) is 48.8 Å². The zero-order chi connectivity index (χ0) is 35.3. The lowest BCUT2D eigenvalue weighted by Crippen LogP contribution is -2.54. The van der Waals surface area contributed by atoms with E-state index in [-0.39, 0.29) is 6.04 Å². The van der Waals surface area contributed by atoms with Crippen LogP contribution in [-0.2, 0) is 13.0 Å². The van der Waals surface area contributed by atoms with Crippen LogP contribution in [0.15, 0.2) is 128 Å². The van der Waals surface area contributed by atoms with Crippen LogP contribution in [0.4, 0.5) is 11.4 Å². The molecule has 2 unspecified atom stereocenters. The lowest BCUT2D eigenvalue weighted by atomic mass is 9.78. The van der Waals surface area contributed by atoms with Gasteiger partial charge in [0.15, 0.2) is 12.2 Å². The van der Waals surface area contributed by atoms with Crippen LogP contribution in [0.2, 0.25) is 19.6 Å². The van der Waals surface area contributed by atoms with Gasteiger partial charge in [-0.2, -0.15) is 4.57 Å². The molecule has 0 radical (unpaired) electrons. The first-order valence-electron chi connectivity index (χ1n) is 18.9. The zero-order valence-electron chi connectivity index (χ0n) is 31.2. The van der Waals surface area contributed by atoms with Gasteiger partial charge in [0, 0.05) is 42.0 Å². The fraction of sp³-hybridized carbons (Fsp3) is 0.370. The SMILES string of the molecule is C=C(/C=C\C)CCC1c2ccccc2-c2cc(CC3CCCC3)c([Si](C)(C)C)c[n+]2C1CC(=C)N(C)c1ccccc1NCc1ccccc1. The number of pyridine rings is 1. The topological polar surface area (TPSA) is 19.1 Å². The molecule has 0 spiro atoms. The predicted molar refractivity (Wildman–Crippen MR) is 218 cm³/mol. The average Bonchev–Trinajstić information content (AvgIpc) is 3.63. The molecule has 1 fully saturated rings. The van der Waals surface area contributed by atoms with Gasteiger partial charge in [-0.05, 0) is 67.0 Å². The maximum Gasteiger partial charge on any atom is 0.213 e. The van der Waals surface area contributed by atoms with E-state index in [0.29, 0.717) is 5.92 Å². The smallest absolute Gasteiger partial charge is 0.213 e. The largest absolute Gasteiger partial charge is 0.379 e. The summed E-state index contributed by atoms with van der Waals surface area (Å²) in [5, 5.41) is 5.34. The summed E-state index contributed by atoms with van der Waals surface area (Å²) in [6.45, 7) is 19.7. The van der Waals surface area contributed by atoms with Crippen LogP contribution in [-0.4, -0.2) is 15.1 Å². The van der Waals surface area contributed by atoms with Crippen molar-refractivity contribution in [3.63, 3.8) is 0 Å². The Labute approximate surface area is 303 Å². The molecule has 1 aliphatic carbocycles. The fourth-order valence-electron chi connectivity index (χ4n) is 8.43. The minimum atomic E-state index is -1.64. The highest BCUT2D eigenvalue weighted by Gasteiger charge is 2.42. The number of hydrogen-bond acceptors (Lipinski definition) is 2. The maximum absolute atomic E-state index is 4.79. The van der Waals surface area contributed by atoms with Gasteiger partial charge in [0.1, 0.15) is 0 Å². The van der Waals surface area contributed by atoms with Crippen LogP contribution >= 0.6 is 0 Å². The zero-order valence-corrected chi connectivity index (χ0v) is 32.2. The van der Waals surface area contributed by atoms with Crippen LogP contribution in [0.5, 0.6) is 0 Å². The van der Waals surface area contributed by atoms with Crippen molar-refractivity contribution in [1.82, 2.24) is 0 Å². The summed E-state index contributed by atoms with van der Waals surface area (Å²) >= 11 is 0. The first-order chi connectivity index (χ1) is 24.1. The lowest BCUT2D eigenvalue weighted by Gasteiger charge is -2.34. The molecule has 4 aromatic rings. The van der Waals surface area contributed by atoms with Gasteiger partial charge in [-0.3, -0.25) is 0 Å². The highest BCUT2D eigenvalue weighted by Crippen LogP contribution is 2.44. The Morgan fingerprint density at radius 3 is 2.38 bits per heavy atom. The van der Waals surface area contributed by atoms with Crippen molar-refractivity contribution >= 4 is 24.6 Å². The molecule has 260 valence electrons. The van der Waals surface area contributed by atoms with Crippen LogP contribution in [0, 0.1) is 5.92 Å². The van der Waals surface area contributed by atoms with Gasteiger partial charge in [0.2, 0.25) is 5.69 Å². The van der Waals surface area contributed by atoms with Gasteiger partial charge in [-0.15, -0.1) is 0 Å². The lowest BCUT2D eigenvalue weighted by molar-refractivity contribution is -0.717. The highest BCUT2D eigenvalue weighted by molar-refractivity contribution is 6.89. The molecule has 2 atom stereocenters. The van der Waals surface area contributed by atoms with E-state index in [1.807, 2.05) is 0 Å². The van der Waals surface area contributed by atoms with E-state index in [1.54, 1.807) is 10.8 Å². The predicted octanol–water partition coefficient (Wildman–Crippen LogP) is 11.1. The van der Waals surface area contributed by atoms with E-state index >= 15 is 0 Å². The second-order valence-electron chi connectivity index (χ2n) is 15.8. The molecule has 2 aliphatic rings. The van der Waals surface area contributed by atoms with E-state index in [1.165, 1.54) is 60.1 Å². The molecule has 1 aliphatic heterocycles. The third kappa shape index (κ3) is 8.07. The molecule has 0 saturated heterocycles. The van der Waals surface area contributed by atoms with E-state index in [2.05, 4.69) is 158 Å². The molecule has 0 bridgehead atoms. The van der Waals surface area contributed by atoms with Crippen LogP contribution in [0.1, 0.15) is 80.5 Å². The molecular weight excluding hydrogens is 623 g/mol. The molecule has 1 aromatic heterocycles. The van der Waals surface area contributed by atoms with Gasteiger partial charge in [-0.25, -0.2) is 0 Å². The second kappa shape index (κ2) is 15.8. The van der Waals surface area contributed by atoms with E-state index in [9.17, 15) is 0 Å². The van der Waals surface area contributed by atoms with Gasteiger partial charge in [-0.1, -0.05) is 137 Å². The van der Waals surface area contributed by atoms with Crippen molar-refractivity contribution in [2.24, 2.45) is 5.92 Å². The normalized spacial score (nSPS) is 17.4. The molecule has 1 saturated carbocycles. The van der Waals surface area contributed by atoms with Crippen molar-refractivity contribution < 1.29 is 4.57 Å². The number of allylic oxidation sites excluding steroid dienone is 4. The number of benzene rings is 3. The molecule has 3 aromatic carbocycles. The monoisotopic (exact) mass is 680 g/mol. The average molecular weight is 681 g/mol. The van der Waals surface area contributed by atoms with Crippen molar-refractivity contribution in [3.8, 4) is 11.3 Å². The number of para-hydroxylation sites is 2. The van der Waals surface area contributed by atoms with E-state index in [4.69, 9.17) is 6.58 Å². The number of fused-ring (bicyclic) bond motifs is 3. The minimum Gasteiger partial charge on any atom is -0.379 e. The number of nitrogens with one attached hydrogen (secondary N) is 1. The van der Waals surface area contributed by atoms with Crippen molar-refractivity contribution in [2.75, 3.05) is 17.3 Å². The third-order valence-electron chi connectivity index (χ3n) is 11.1. The summed E-state index contributed by atoms with van der Waals surface area (Å²) in [7, 11) is 0.546. The molecule has 2 heterocycles. The molecule has 6 rings (SSSR count). The Kier molecular flexibility index (Phi) is 11.3. The van der Waals surface area contributed by atoms with Crippen molar-refractivity contribution in [3.05, 3.63) is 144 Å². The Bertz CT molecular complexity index is 1830.